The monoisotopic (exact) mass is 1070 g/mol. The third kappa shape index (κ3) is 22.4. The second-order valence-electron chi connectivity index (χ2n) is 21.7. The van der Waals surface area contributed by atoms with Crippen LogP contribution >= 0.6 is 45.3 Å². The van der Waals surface area contributed by atoms with Crippen molar-refractivity contribution < 1.29 is 0 Å². The average Bonchev–Trinajstić information content (AvgIpc) is 4.24. The summed E-state index contributed by atoms with van der Waals surface area (Å²) < 4.78 is 9.56. The van der Waals surface area contributed by atoms with E-state index in [4.69, 9.17) is 0 Å². The Kier molecular flexibility index (Phi) is 34.2. The highest BCUT2D eigenvalue weighted by atomic mass is 32.1. The molecule has 4 nitrogen and oxygen atoms in total. The molecule has 0 aromatic carbocycles. The van der Waals surface area contributed by atoms with Crippen LogP contribution in [0.3, 0.4) is 0 Å². The molecule has 0 amide bonds. The number of hydrogen-bond acceptors (Lipinski definition) is 8. The van der Waals surface area contributed by atoms with Crippen LogP contribution in [0.1, 0.15) is 307 Å². The molecular formula is C66H98N4S4. The molecule has 0 aliphatic rings. The fraction of sp³-hybridized carbons (Fsp3) is 0.697. The third-order valence-corrected chi connectivity index (χ3v) is 20.8. The van der Waals surface area contributed by atoms with Crippen LogP contribution < -0.4 is 9.06 Å². The Morgan fingerprint density at radius 3 is 0.784 bits per heavy atom. The number of rotatable bonds is 42. The molecule has 2 atom stereocenters. The molecular weight excluding hydrogens is 977 g/mol. The van der Waals surface area contributed by atoms with Crippen LogP contribution in [0.5, 0.6) is 0 Å². The van der Waals surface area contributed by atoms with Crippen LogP contribution in [-0.4, -0.2) is 0 Å². The fourth-order valence-electron chi connectivity index (χ4n) is 11.2. The number of thiophene rings is 4. The van der Waals surface area contributed by atoms with Gasteiger partial charge in [-0.25, -0.2) is 0 Å². The maximum Gasteiger partial charge on any atom is 0.146 e. The van der Waals surface area contributed by atoms with Crippen LogP contribution in [0.4, 0.5) is 0 Å². The summed E-state index contributed by atoms with van der Waals surface area (Å²) in [4.78, 5) is 0. The van der Waals surface area contributed by atoms with Crippen molar-refractivity contribution in [2.45, 2.75) is 296 Å². The van der Waals surface area contributed by atoms with E-state index in [1.54, 1.807) is 22.7 Å². The second kappa shape index (κ2) is 40.0. The van der Waals surface area contributed by atoms with E-state index in [-0.39, 0.29) is 11.1 Å². The van der Waals surface area contributed by atoms with Gasteiger partial charge in [-0.05, 0) is 72.9 Å². The molecule has 0 saturated heterocycles. The molecule has 4 rings (SSSR count). The highest BCUT2D eigenvalue weighted by Crippen LogP contribution is 2.48. The smallest absolute Gasteiger partial charge is 0.146 e. The van der Waals surface area contributed by atoms with E-state index in [1.807, 2.05) is 34.8 Å². The molecule has 0 aliphatic heterocycles. The summed E-state index contributed by atoms with van der Waals surface area (Å²) in [5.74, 6) is 0.856. The van der Waals surface area contributed by atoms with Crippen LogP contribution in [0, 0.1) is 63.5 Å². The van der Waals surface area contributed by atoms with Crippen molar-refractivity contribution in [2.24, 2.45) is 0 Å². The Morgan fingerprint density at radius 1 is 0.324 bits per heavy atom. The molecule has 4 aromatic rings. The lowest BCUT2D eigenvalue weighted by molar-refractivity contribution is 0.482. The van der Waals surface area contributed by atoms with Gasteiger partial charge in [0.2, 0.25) is 0 Å². The normalized spacial score (nSPS) is 13.1. The maximum absolute atomic E-state index is 10.0. The molecule has 0 radical (unpaired) electrons. The standard InChI is InChI=1S/C66H98N4S4/c1-5-9-13-17-21-25-27-31-35-39-43-53(41-37-33-29-23-19-15-11-7-3)61-63(59-47-45-57(71-59)55(49-67)50-68)73-66-62(64(74-65(61)66)60-48-46-58(72-60)56(51-69)52-70)54(42-38-34-30-24-20-16-12-8-4)44-40-36-32-28-26-22-18-14-10-6-2/h45-48,53-54H,5-44H2,1-4H3/b63-59+,64-60+. The lowest BCUT2D eigenvalue weighted by Gasteiger charge is -2.17. The van der Waals surface area contributed by atoms with Gasteiger partial charge in [-0.1, -0.05) is 259 Å². The van der Waals surface area contributed by atoms with Gasteiger partial charge in [0, 0.05) is 18.1 Å². The zero-order chi connectivity index (χ0) is 52.9. The summed E-state index contributed by atoms with van der Waals surface area (Å²) in [6, 6.07) is 17.2. The Bertz CT molecular complexity index is 2420. The quantitative estimate of drug-likeness (QED) is 0.0413. The van der Waals surface area contributed by atoms with Crippen molar-refractivity contribution in [3.63, 3.8) is 0 Å². The number of nitrogens with zero attached hydrogens (tertiary/aromatic N) is 4. The van der Waals surface area contributed by atoms with Crippen LogP contribution in [0.25, 0.3) is 20.5 Å². The zero-order valence-electron chi connectivity index (χ0n) is 47.2. The van der Waals surface area contributed by atoms with Gasteiger partial charge in [0.1, 0.15) is 35.4 Å². The molecule has 0 spiro atoms. The van der Waals surface area contributed by atoms with Crippen molar-refractivity contribution in [1.29, 1.82) is 21.0 Å². The lowest BCUT2D eigenvalue weighted by atomic mass is 9.87. The Labute approximate surface area is 467 Å². The van der Waals surface area contributed by atoms with E-state index in [1.165, 1.54) is 295 Å². The van der Waals surface area contributed by atoms with E-state index in [9.17, 15) is 21.0 Å². The van der Waals surface area contributed by atoms with Crippen molar-refractivity contribution in [1.82, 2.24) is 0 Å². The molecule has 0 aliphatic carbocycles. The summed E-state index contributed by atoms with van der Waals surface area (Å²) >= 11 is 7.27. The first-order chi connectivity index (χ1) is 36.5. The van der Waals surface area contributed by atoms with E-state index in [0.29, 0.717) is 11.8 Å². The number of hydrogen-bond donors (Lipinski definition) is 0. The van der Waals surface area contributed by atoms with Crippen molar-refractivity contribution in [3.8, 4) is 24.3 Å². The van der Waals surface area contributed by atoms with Gasteiger partial charge < -0.3 is 0 Å². The average molecular weight is 1080 g/mol. The predicted octanol–water partition coefficient (Wildman–Crippen LogP) is 21.9. The van der Waals surface area contributed by atoms with Crippen molar-refractivity contribution in [2.75, 3.05) is 0 Å². The summed E-state index contributed by atoms with van der Waals surface area (Å²) in [5.41, 5.74) is 3.44. The van der Waals surface area contributed by atoms with Crippen LogP contribution in [0.15, 0.2) is 24.3 Å². The van der Waals surface area contributed by atoms with Crippen molar-refractivity contribution >= 4 is 65.9 Å². The topological polar surface area (TPSA) is 95.2 Å². The van der Waals surface area contributed by atoms with E-state index in [2.05, 4.69) is 64.1 Å². The van der Waals surface area contributed by atoms with Gasteiger partial charge >= 0.3 is 0 Å². The first-order valence-corrected chi connectivity index (χ1v) is 33.9. The van der Waals surface area contributed by atoms with Gasteiger partial charge in [0.25, 0.3) is 0 Å². The first-order valence-electron chi connectivity index (χ1n) is 30.6. The lowest BCUT2D eigenvalue weighted by Crippen LogP contribution is -2.01. The Balaban J connectivity index is 1.89. The highest BCUT2D eigenvalue weighted by molar-refractivity contribution is 7.27. The minimum absolute atomic E-state index is 0.200. The number of unbranched alkanes of at least 4 members (excludes halogenated alkanes) is 32. The van der Waals surface area contributed by atoms with E-state index < -0.39 is 0 Å². The Morgan fingerprint density at radius 2 is 0.554 bits per heavy atom. The summed E-state index contributed by atoms with van der Waals surface area (Å²) in [7, 11) is 0. The summed E-state index contributed by atoms with van der Waals surface area (Å²) in [5, 5.41) is 40.0. The Hall–Kier alpha value is -3.24. The van der Waals surface area contributed by atoms with E-state index >= 15 is 0 Å². The molecule has 8 heteroatoms. The van der Waals surface area contributed by atoms with Gasteiger partial charge in [-0.2, -0.15) is 21.0 Å². The van der Waals surface area contributed by atoms with Crippen LogP contribution in [0.2, 0.25) is 0 Å². The molecule has 0 fully saturated rings. The van der Waals surface area contributed by atoms with E-state index in [0.717, 1.165) is 9.06 Å². The van der Waals surface area contributed by atoms with Gasteiger partial charge in [0.05, 0.1) is 18.5 Å². The molecule has 74 heavy (non-hydrogen) atoms. The van der Waals surface area contributed by atoms with Gasteiger partial charge in [0.15, 0.2) is 0 Å². The summed E-state index contributed by atoms with van der Waals surface area (Å²) in [6.07, 6.45) is 52.4. The summed E-state index contributed by atoms with van der Waals surface area (Å²) in [6.45, 7) is 9.21. The molecule has 2 unspecified atom stereocenters. The zero-order valence-corrected chi connectivity index (χ0v) is 50.4. The number of nitriles is 4. The SMILES string of the molecule is CCCCCCCCCCCCC(CCCCCCCCCC)c1/c(=c2/ccc(=C(C#N)C#N)s2)sc2c(C(CCCCCCCCCC)CCCCCCCCCCCC)/c(=c3/ccc(=C(C#N)C#N)s3)sc12. The largest absolute Gasteiger partial charge is 0.192 e. The molecule has 4 aromatic heterocycles. The number of fused-ring (bicyclic) bond motifs is 1. The molecule has 4 heterocycles. The third-order valence-electron chi connectivity index (χ3n) is 15.6. The fourth-order valence-corrected chi connectivity index (χ4v) is 16.6. The molecule has 0 bridgehead atoms. The predicted molar refractivity (Wildman–Crippen MR) is 325 cm³/mol. The minimum atomic E-state index is 0.200. The second-order valence-corrected chi connectivity index (χ2v) is 25.9. The van der Waals surface area contributed by atoms with Gasteiger partial charge in [-0.3, -0.25) is 0 Å². The van der Waals surface area contributed by atoms with Crippen molar-refractivity contribution in [3.05, 3.63) is 62.6 Å². The molecule has 406 valence electrons. The molecule has 0 saturated carbocycles. The first kappa shape index (κ1) is 63.3. The minimum Gasteiger partial charge on any atom is -0.192 e. The highest BCUT2D eigenvalue weighted by Gasteiger charge is 2.27. The maximum atomic E-state index is 10.0. The molecule has 0 N–H and O–H groups in total. The van der Waals surface area contributed by atoms with Gasteiger partial charge in [-0.15, -0.1) is 45.3 Å². The van der Waals surface area contributed by atoms with Crippen LogP contribution in [-0.2, 0) is 0 Å².